The van der Waals surface area contributed by atoms with Crippen molar-refractivity contribution in [3.05, 3.63) is 105 Å². The maximum atomic E-state index is 13.0. The largest absolute Gasteiger partial charge is 0.573 e. The molecule has 8 nitrogen and oxygen atoms in total. The van der Waals surface area contributed by atoms with Gasteiger partial charge in [0.05, 0.1) is 11.4 Å². The van der Waals surface area contributed by atoms with Crippen molar-refractivity contribution in [1.82, 2.24) is 19.3 Å². The Labute approximate surface area is 262 Å². The van der Waals surface area contributed by atoms with Gasteiger partial charge in [0.1, 0.15) is 12.1 Å². The van der Waals surface area contributed by atoms with Crippen molar-refractivity contribution in [3.8, 4) is 28.5 Å². The number of alkyl halides is 3. The van der Waals surface area contributed by atoms with Crippen molar-refractivity contribution in [3.63, 3.8) is 0 Å². The number of nitrogens with zero attached hydrogens (tertiary/aromatic N) is 6. The van der Waals surface area contributed by atoms with Crippen LogP contribution in [0.3, 0.4) is 0 Å². The number of rotatable bonds is 6. The van der Waals surface area contributed by atoms with Crippen LogP contribution < -0.4 is 9.54 Å². The summed E-state index contributed by atoms with van der Waals surface area (Å²) in [5.41, 5.74) is 8.25. The van der Waals surface area contributed by atoms with Crippen LogP contribution >= 0.6 is 11.3 Å². The molecule has 1 atom stereocenters. The second-order valence-corrected chi connectivity index (χ2v) is 11.6. The number of hydrogen-bond donors (Lipinski definition) is 0. The van der Waals surface area contributed by atoms with Crippen molar-refractivity contribution in [2.75, 3.05) is 0 Å². The standard InChI is InChI=1S/C33H31F3N6O2S/c1-19-15-20(2)29(21(3)16-19)42-22(4)17-45-32(42)39-31(43)38-24(6)23(5)25-7-9-26(10-8-25)30-37-18-41(40-30)27-11-13-28(14-12-27)44-33(34,35)36/h7-18,23H,1-6H3. The van der Waals surface area contributed by atoms with E-state index in [0.717, 1.165) is 33.6 Å². The number of aromatic nitrogens is 4. The predicted octanol–water partition coefficient (Wildman–Crippen LogP) is 8.20. The van der Waals surface area contributed by atoms with Gasteiger partial charge in [-0.15, -0.1) is 29.6 Å². The van der Waals surface area contributed by atoms with Crippen LogP contribution in [0.4, 0.5) is 18.0 Å². The first-order valence-corrected chi connectivity index (χ1v) is 14.9. The van der Waals surface area contributed by atoms with Gasteiger partial charge >= 0.3 is 12.4 Å². The number of benzene rings is 3. The lowest BCUT2D eigenvalue weighted by atomic mass is 9.96. The Morgan fingerprint density at radius 1 is 0.978 bits per heavy atom. The topological polar surface area (TPSA) is 86.7 Å². The zero-order valence-corrected chi connectivity index (χ0v) is 26.4. The maximum Gasteiger partial charge on any atom is 0.573 e. The molecule has 0 fully saturated rings. The number of aliphatic imine (C=N–C) groups is 1. The van der Waals surface area contributed by atoms with Gasteiger partial charge in [-0.3, -0.25) is 4.57 Å². The Kier molecular flexibility index (Phi) is 8.87. The number of hydrogen-bond acceptors (Lipinski definition) is 5. The Bertz CT molecular complexity index is 1930. The number of carbonyl (C=O) groups is 1. The van der Waals surface area contributed by atoms with Crippen molar-refractivity contribution >= 4 is 23.1 Å². The molecule has 0 radical (unpaired) electrons. The van der Waals surface area contributed by atoms with Gasteiger partial charge in [0.2, 0.25) is 0 Å². The Hall–Kier alpha value is -4.84. The van der Waals surface area contributed by atoms with Gasteiger partial charge in [0.25, 0.3) is 0 Å². The van der Waals surface area contributed by atoms with E-state index in [1.807, 2.05) is 55.0 Å². The average Bonchev–Trinajstić information content (AvgIpc) is 3.59. The van der Waals surface area contributed by atoms with E-state index in [0.29, 0.717) is 22.0 Å². The SMILES string of the molecule is CC(=NC(=O)N=c1scc(C)n1-c1c(C)cc(C)cc1C)C(C)c1ccc(-c2ncn(-c3ccc(OC(F)(F)F)cc3)n2)cc1. The summed E-state index contributed by atoms with van der Waals surface area (Å²) in [4.78, 5) is 26.5. The molecular formula is C33H31F3N6O2S. The number of halogens is 3. The summed E-state index contributed by atoms with van der Waals surface area (Å²) in [7, 11) is 0. The number of urea groups is 1. The van der Waals surface area contributed by atoms with Crippen LogP contribution in [0.2, 0.25) is 0 Å². The molecule has 45 heavy (non-hydrogen) atoms. The number of aryl methyl sites for hydroxylation is 4. The van der Waals surface area contributed by atoms with E-state index in [1.54, 1.807) is 0 Å². The molecule has 2 aromatic heterocycles. The van der Waals surface area contributed by atoms with E-state index in [-0.39, 0.29) is 11.7 Å². The summed E-state index contributed by atoms with van der Waals surface area (Å²) >= 11 is 1.40. The molecule has 2 amide bonds. The van der Waals surface area contributed by atoms with Crippen LogP contribution in [0.1, 0.15) is 47.7 Å². The number of carbonyl (C=O) groups excluding carboxylic acids is 1. The fourth-order valence-corrected chi connectivity index (χ4v) is 5.96. The van der Waals surface area contributed by atoms with Crippen molar-refractivity contribution < 1.29 is 22.7 Å². The third kappa shape index (κ3) is 7.28. The van der Waals surface area contributed by atoms with Gasteiger partial charge in [-0.25, -0.2) is 19.5 Å². The number of ether oxygens (including phenoxy) is 1. The average molecular weight is 633 g/mol. The molecule has 0 spiro atoms. The number of amides is 2. The normalized spacial score (nSPS) is 13.3. The van der Waals surface area contributed by atoms with Gasteiger partial charge in [-0.2, -0.15) is 4.99 Å². The molecule has 3 aromatic carbocycles. The maximum absolute atomic E-state index is 13.0. The fourth-order valence-electron chi connectivity index (χ4n) is 5.10. The first kappa shape index (κ1) is 31.6. The van der Waals surface area contributed by atoms with Gasteiger partial charge in [-0.05, 0) is 75.6 Å². The lowest BCUT2D eigenvalue weighted by Crippen LogP contribution is -2.18. The zero-order chi connectivity index (χ0) is 32.5. The van der Waals surface area contributed by atoms with Crippen LogP contribution in [0.5, 0.6) is 5.75 Å². The van der Waals surface area contributed by atoms with Crippen molar-refractivity contribution in [2.24, 2.45) is 9.98 Å². The first-order valence-electron chi connectivity index (χ1n) is 14.1. The highest BCUT2D eigenvalue weighted by molar-refractivity contribution is 7.07. The molecule has 232 valence electrons. The number of thiazole rings is 1. The van der Waals surface area contributed by atoms with E-state index >= 15 is 0 Å². The Morgan fingerprint density at radius 2 is 1.62 bits per heavy atom. The molecule has 0 aliphatic rings. The summed E-state index contributed by atoms with van der Waals surface area (Å²) in [5, 5.41) is 6.43. The van der Waals surface area contributed by atoms with Crippen molar-refractivity contribution in [1.29, 1.82) is 0 Å². The molecule has 12 heteroatoms. The summed E-state index contributed by atoms with van der Waals surface area (Å²) < 4.78 is 44.7. The second-order valence-electron chi connectivity index (χ2n) is 10.8. The van der Waals surface area contributed by atoms with Crippen LogP contribution in [0.15, 0.2) is 82.4 Å². The molecule has 0 N–H and O–H groups in total. The Balaban J connectivity index is 1.31. The molecule has 0 saturated heterocycles. The monoisotopic (exact) mass is 632 g/mol. The minimum absolute atomic E-state index is 0.153. The zero-order valence-electron chi connectivity index (χ0n) is 25.5. The molecule has 0 saturated carbocycles. The highest BCUT2D eigenvalue weighted by atomic mass is 32.1. The van der Waals surface area contributed by atoms with E-state index < -0.39 is 12.4 Å². The van der Waals surface area contributed by atoms with Crippen LogP contribution in [-0.4, -0.2) is 37.4 Å². The molecule has 2 heterocycles. The Morgan fingerprint density at radius 3 is 2.24 bits per heavy atom. The van der Waals surface area contributed by atoms with Crippen LogP contribution in [0, 0.1) is 27.7 Å². The summed E-state index contributed by atoms with van der Waals surface area (Å²) in [6.07, 6.45) is -3.27. The second kappa shape index (κ2) is 12.6. The highest BCUT2D eigenvalue weighted by Crippen LogP contribution is 2.26. The van der Waals surface area contributed by atoms with E-state index in [1.165, 1.54) is 52.2 Å². The summed E-state index contributed by atoms with van der Waals surface area (Å²) in [6.45, 7) is 11.9. The molecule has 5 rings (SSSR count). The van der Waals surface area contributed by atoms with Gasteiger partial charge in [0, 0.05) is 28.3 Å². The highest BCUT2D eigenvalue weighted by Gasteiger charge is 2.31. The predicted molar refractivity (Wildman–Crippen MR) is 169 cm³/mol. The molecule has 0 aliphatic carbocycles. The van der Waals surface area contributed by atoms with Crippen LogP contribution in [0.25, 0.3) is 22.8 Å². The van der Waals surface area contributed by atoms with E-state index in [2.05, 4.69) is 57.7 Å². The summed E-state index contributed by atoms with van der Waals surface area (Å²) in [6, 6.07) is 16.6. The van der Waals surface area contributed by atoms with E-state index in [4.69, 9.17) is 0 Å². The quantitative estimate of drug-likeness (QED) is 0.177. The minimum atomic E-state index is -4.76. The summed E-state index contributed by atoms with van der Waals surface area (Å²) in [5.74, 6) is -0.0223. The van der Waals surface area contributed by atoms with Gasteiger partial charge in [-0.1, -0.05) is 48.9 Å². The van der Waals surface area contributed by atoms with Gasteiger partial charge < -0.3 is 4.74 Å². The van der Waals surface area contributed by atoms with Gasteiger partial charge in [0.15, 0.2) is 10.6 Å². The molecule has 1 unspecified atom stereocenters. The third-order valence-corrected chi connectivity index (χ3v) is 8.27. The van der Waals surface area contributed by atoms with Crippen LogP contribution in [-0.2, 0) is 0 Å². The molecule has 0 bridgehead atoms. The smallest absolute Gasteiger partial charge is 0.406 e. The first-order chi connectivity index (χ1) is 21.3. The third-order valence-electron chi connectivity index (χ3n) is 7.32. The molecular weight excluding hydrogens is 601 g/mol. The lowest BCUT2D eigenvalue weighted by molar-refractivity contribution is -0.274. The van der Waals surface area contributed by atoms with E-state index in [9.17, 15) is 18.0 Å². The fraction of sp³-hybridized carbons (Fsp3) is 0.242. The van der Waals surface area contributed by atoms with Crippen molar-refractivity contribution in [2.45, 2.75) is 53.8 Å². The lowest BCUT2D eigenvalue weighted by Gasteiger charge is -2.14. The molecule has 0 aliphatic heterocycles. The minimum Gasteiger partial charge on any atom is -0.406 e. The molecule has 5 aromatic rings.